The van der Waals surface area contributed by atoms with Crippen molar-refractivity contribution in [2.75, 3.05) is 26.2 Å². The lowest BCUT2D eigenvalue weighted by Gasteiger charge is -2.52. The van der Waals surface area contributed by atoms with Gasteiger partial charge in [-0.2, -0.15) is 9.97 Å². The fourth-order valence-electron chi connectivity index (χ4n) is 12.1. The fourth-order valence-corrected chi connectivity index (χ4v) is 12.1. The third-order valence-corrected chi connectivity index (χ3v) is 16.9. The van der Waals surface area contributed by atoms with E-state index in [2.05, 4.69) is 48.5 Å². The van der Waals surface area contributed by atoms with Gasteiger partial charge in [0.15, 0.2) is 12.7 Å². The van der Waals surface area contributed by atoms with Gasteiger partial charge in [-0.05, 0) is 121 Å². The number of aliphatic hydroxyl groups is 3. The number of rotatable bonds is 11. The van der Waals surface area contributed by atoms with Crippen molar-refractivity contribution in [1.29, 1.82) is 0 Å². The summed E-state index contributed by atoms with van der Waals surface area (Å²) in [5.41, 5.74) is 2.47. The number of nitrogens with one attached hydrogen (secondary N) is 4. The first-order chi connectivity index (χ1) is 37.4. The molecule has 28 nitrogen and oxygen atoms in total. The Hall–Kier alpha value is -6.36. The molecule has 8 saturated heterocycles. The zero-order valence-corrected chi connectivity index (χ0v) is 47.8. The van der Waals surface area contributed by atoms with E-state index in [-0.39, 0.29) is 72.2 Å². The molecule has 8 aliphatic rings. The van der Waals surface area contributed by atoms with Crippen molar-refractivity contribution in [2.45, 2.75) is 223 Å². The van der Waals surface area contributed by atoms with Crippen LogP contribution in [0.2, 0.25) is 0 Å². The molecule has 4 spiro atoms. The lowest BCUT2D eigenvalue weighted by atomic mass is 9.84. The molecule has 0 bridgehead atoms. The van der Waals surface area contributed by atoms with E-state index >= 15 is 0 Å². The summed E-state index contributed by atoms with van der Waals surface area (Å²) in [6.07, 6.45) is 5.22. The molecule has 2 aromatic rings. The number of amides is 8. The van der Waals surface area contributed by atoms with E-state index in [0.29, 0.717) is 63.1 Å². The molecule has 14 atom stereocenters. The summed E-state index contributed by atoms with van der Waals surface area (Å²) in [5.74, 6) is -0.976. The first kappa shape index (κ1) is 61.3. The Bertz CT molecular complexity index is 2490. The standard InChI is InChI=1S/C16H27N3O5.C15H22N4O4.C14H21N5O4.C7H12N2O/c1-9-6-7-16(8-17-13(16)22)19(9)12(21)11(10(2)20)18-14(23)24-15(3,4)5;1-9-4-5-15(19(9)13(21)10(2)11(3)20)7-18(14(15)22)6-12-16-8-17-23-12;1-8-3-4-14(19(8)12(21)11(15)9(2)20)6-18(13(14)22)5-10-16-7-17-23-10;1-5-2-3-7(9-5)4-8-6(7)10/h9-11,20H,6-8H2,1-5H3,(H,17,22)(H,18,23);8-11,20H,4-7H2,1-3H3;7-9,11,20H,3-6,15H2,1-2H3;5,9H,2-4H2,1H3,(H,8,10). The highest BCUT2D eigenvalue weighted by Gasteiger charge is 2.64. The molecule has 10 heterocycles. The van der Waals surface area contributed by atoms with Crippen molar-refractivity contribution in [3.8, 4) is 0 Å². The minimum Gasteiger partial charge on any atom is -0.444 e. The summed E-state index contributed by atoms with van der Waals surface area (Å²) >= 11 is 0. The first-order valence-corrected chi connectivity index (χ1v) is 27.7. The molecule has 444 valence electrons. The summed E-state index contributed by atoms with van der Waals surface area (Å²) < 4.78 is 15.0. The summed E-state index contributed by atoms with van der Waals surface area (Å²) in [6.45, 7) is 21.8. The van der Waals surface area contributed by atoms with Crippen molar-refractivity contribution in [3.05, 3.63) is 24.4 Å². The molecular weight excluding hydrogens is 1040 g/mol. The van der Waals surface area contributed by atoms with E-state index in [1.807, 2.05) is 20.8 Å². The Balaban J connectivity index is 0.000000159. The summed E-state index contributed by atoms with van der Waals surface area (Å²) in [7, 11) is 0. The Morgan fingerprint density at radius 3 is 1.49 bits per heavy atom. The smallest absolute Gasteiger partial charge is 0.408 e. The summed E-state index contributed by atoms with van der Waals surface area (Å²) in [6, 6.07) is -1.88. The SMILES string of the molecule is CC(O)C(C)C(=O)N1C(C)CCC12CN(Cc1ncno1)C2=O.CC(O)C(N)C(=O)N1C(C)CCC12CN(Cc1ncno1)C2=O.CC(O)C(NC(=O)OC(C)(C)C)C(=O)N1C(C)CCC12CNC2=O.CC1CCC2(CNC2=O)N1. The minimum absolute atomic E-state index is 0.00166. The van der Waals surface area contributed by atoms with Crippen LogP contribution < -0.4 is 27.0 Å². The van der Waals surface area contributed by atoms with Gasteiger partial charge in [0.25, 0.3) is 11.8 Å². The van der Waals surface area contributed by atoms with Gasteiger partial charge >= 0.3 is 6.09 Å². The first-order valence-electron chi connectivity index (χ1n) is 27.7. The zero-order valence-electron chi connectivity index (χ0n) is 47.8. The van der Waals surface area contributed by atoms with Crippen LogP contribution >= 0.6 is 0 Å². The van der Waals surface area contributed by atoms with Gasteiger partial charge < -0.3 is 75.3 Å². The van der Waals surface area contributed by atoms with E-state index in [4.69, 9.17) is 19.5 Å². The van der Waals surface area contributed by atoms with Crippen molar-refractivity contribution in [2.24, 2.45) is 11.7 Å². The maximum atomic E-state index is 13.0. The largest absolute Gasteiger partial charge is 0.444 e. The highest BCUT2D eigenvalue weighted by Crippen LogP contribution is 2.45. The molecule has 0 aliphatic carbocycles. The number of ether oxygens (including phenoxy) is 1. The molecule has 80 heavy (non-hydrogen) atoms. The van der Waals surface area contributed by atoms with Crippen LogP contribution in [-0.2, 0) is 51.4 Å². The number of β-lactam (4-membered cyclic amide) rings is 4. The molecular formula is C52H82N14O14. The van der Waals surface area contributed by atoms with Gasteiger partial charge in [-0.15, -0.1) is 0 Å². The van der Waals surface area contributed by atoms with E-state index in [9.17, 15) is 53.7 Å². The molecule has 0 saturated carbocycles. The molecule has 28 heteroatoms. The quantitative estimate of drug-likeness (QED) is 0.123. The van der Waals surface area contributed by atoms with Crippen molar-refractivity contribution in [3.63, 3.8) is 0 Å². The monoisotopic (exact) mass is 1130 g/mol. The van der Waals surface area contributed by atoms with E-state index in [1.54, 1.807) is 54.2 Å². The second-order valence-corrected chi connectivity index (χ2v) is 24.1. The number of likely N-dealkylation sites (tertiary alicyclic amines) is 5. The Morgan fingerprint density at radius 1 is 0.688 bits per heavy atom. The van der Waals surface area contributed by atoms with Crippen molar-refractivity contribution < 1.29 is 67.5 Å². The number of nitrogens with two attached hydrogens (primary N) is 1. The van der Waals surface area contributed by atoms with Gasteiger partial charge in [-0.1, -0.05) is 17.2 Å². The van der Waals surface area contributed by atoms with Gasteiger partial charge in [-0.25, -0.2) is 4.79 Å². The van der Waals surface area contributed by atoms with Crippen LogP contribution in [0.3, 0.4) is 0 Å². The second-order valence-electron chi connectivity index (χ2n) is 24.1. The predicted octanol–water partition coefficient (Wildman–Crippen LogP) is -1.19. The molecule has 10 rings (SSSR count). The van der Waals surface area contributed by atoms with E-state index in [1.165, 1.54) is 31.4 Å². The van der Waals surface area contributed by atoms with Crippen LogP contribution in [-0.4, -0.2) is 216 Å². The summed E-state index contributed by atoms with van der Waals surface area (Å²) in [4.78, 5) is 115. The maximum Gasteiger partial charge on any atom is 0.408 e. The van der Waals surface area contributed by atoms with Gasteiger partial charge in [0.05, 0.1) is 43.9 Å². The molecule has 8 amide bonds. The lowest BCUT2D eigenvalue weighted by Crippen LogP contribution is -2.74. The van der Waals surface area contributed by atoms with Crippen LogP contribution in [0.15, 0.2) is 21.7 Å². The Kier molecular flexibility index (Phi) is 18.1. The number of hydrogen-bond donors (Lipinski definition) is 8. The predicted molar refractivity (Wildman–Crippen MR) is 280 cm³/mol. The molecule has 8 fully saturated rings. The van der Waals surface area contributed by atoms with Crippen LogP contribution in [0.25, 0.3) is 0 Å². The number of carbonyl (C=O) groups excluding carboxylic acids is 8. The lowest BCUT2D eigenvalue weighted by molar-refractivity contribution is -0.173. The number of hydrogen-bond acceptors (Lipinski definition) is 20. The highest BCUT2D eigenvalue weighted by molar-refractivity contribution is 6.00. The number of alkyl carbamates (subject to hydrolysis) is 1. The minimum atomic E-state index is -1.16. The highest BCUT2D eigenvalue weighted by atomic mass is 16.6. The van der Waals surface area contributed by atoms with Crippen molar-refractivity contribution in [1.82, 2.24) is 66.0 Å². The fraction of sp³-hybridized carbons (Fsp3) is 0.769. The zero-order chi connectivity index (χ0) is 59.0. The molecule has 8 aliphatic heterocycles. The Labute approximate surface area is 464 Å². The maximum absolute atomic E-state index is 13.0. The normalized spacial score (nSPS) is 31.4. The number of nitrogens with zero attached hydrogens (tertiary/aromatic N) is 9. The van der Waals surface area contributed by atoms with Crippen molar-refractivity contribution >= 4 is 47.4 Å². The summed E-state index contributed by atoms with van der Waals surface area (Å²) in [5, 5.41) is 47.5. The average Bonchev–Trinajstić information content (AvgIpc) is 4.25. The second kappa shape index (κ2) is 23.6. The molecule has 9 N–H and O–H groups in total. The van der Waals surface area contributed by atoms with E-state index in [0.717, 1.165) is 32.2 Å². The number of aliphatic hydroxyl groups excluding tert-OH is 3. The molecule has 0 radical (unpaired) electrons. The average molecular weight is 1130 g/mol. The third-order valence-electron chi connectivity index (χ3n) is 16.9. The third kappa shape index (κ3) is 11.9. The van der Waals surface area contributed by atoms with Gasteiger partial charge in [0.1, 0.15) is 52.9 Å². The van der Waals surface area contributed by atoms with E-state index < -0.39 is 70.5 Å². The molecule has 2 aromatic heterocycles. The molecule has 14 unspecified atom stereocenters. The Morgan fingerprint density at radius 2 is 1.16 bits per heavy atom. The molecule has 0 aromatic carbocycles. The van der Waals surface area contributed by atoms with Gasteiger partial charge in [0.2, 0.25) is 41.3 Å². The van der Waals surface area contributed by atoms with Crippen LogP contribution in [0.5, 0.6) is 0 Å². The number of aromatic nitrogens is 4. The van der Waals surface area contributed by atoms with Gasteiger partial charge in [0, 0.05) is 30.7 Å². The van der Waals surface area contributed by atoms with Crippen LogP contribution in [0.4, 0.5) is 4.79 Å². The van der Waals surface area contributed by atoms with Gasteiger partial charge in [-0.3, -0.25) is 38.9 Å². The van der Waals surface area contributed by atoms with Crippen LogP contribution in [0.1, 0.15) is 139 Å². The number of carbonyl (C=O) groups is 8. The van der Waals surface area contributed by atoms with Crippen LogP contribution in [0, 0.1) is 5.92 Å². The topological polar surface area (TPSA) is 375 Å².